The minimum absolute atomic E-state index is 0.0495. The first-order valence-corrected chi connectivity index (χ1v) is 14.4. The molecule has 0 unspecified atom stereocenters. The van der Waals surface area contributed by atoms with Gasteiger partial charge in [0.1, 0.15) is 0 Å². The Hall–Kier alpha value is -3.86. The summed E-state index contributed by atoms with van der Waals surface area (Å²) in [4.78, 5) is 29.9. The van der Waals surface area contributed by atoms with E-state index in [9.17, 15) is 9.59 Å². The molecule has 0 bridgehead atoms. The molecule has 0 N–H and O–H groups in total. The van der Waals surface area contributed by atoms with Gasteiger partial charge in [0.2, 0.25) is 5.91 Å². The third-order valence-corrected chi connectivity index (χ3v) is 7.38. The normalized spacial score (nSPS) is 13.9. The average molecular weight is 539 g/mol. The molecule has 0 heterocycles. The Morgan fingerprint density at radius 3 is 2.15 bits per heavy atom. The number of ether oxygens (including phenoxy) is 1. The molecule has 1 aliphatic carbocycles. The Bertz CT molecular complexity index is 1290. The van der Waals surface area contributed by atoms with Crippen LogP contribution in [0.25, 0.3) is 17.2 Å². The lowest BCUT2D eigenvalue weighted by atomic mass is 9.88. The molecule has 4 rings (SSSR count). The lowest BCUT2D eigenvalue weighted by molar-refractivity contribution is -0.138. The molecule has 5 heteroatoms. The van der Waals surface area contributed by atoms with E-state index in [1.54, 1.807) is 6.08 Å². The Morgan fingerprint density at radius 1 is 0.875 bits per heavy atom. The number of hydrogen-bond donors (Lipinski definition) is 0. The van der Waals surface area contributed by atoms with Gasteiger partial charge in [-0.25, -0.2) is 4.79 Å². The van der Waals surface area contributed by atoms with Gasteiger partial charge in [-0.15, -0.1) is 0 Å². The first kappa shape index (κ1) is 29.1. The molecule has 1 saturated carbocycles. The lowest BCUT2D eigenvalue weighted by Crippen LogP contribution is -2.36. The molecule has 0 aromatic heterocycles. The van der Waals surface area contributed by atoms with E-state index in [0.717, 1.165) is 48.1 Å². The number of benzene rings is 3. The van der Waals surface area contributed by atoms with Gasteiger partial charge in [0.25, 0.3) is 0 Å². The zero-order chi connectivity index (χ0) is 28.5. The zero-order valence-corrected chi connectivity index (χ0v) is 24.3. The maximum absolute atomic E-state index is 13.8. The second-order valence-corrected chi connectivity index (χ2v) is 11.3. The van der Waals surface area contributed by atoms with Crippen molar-refractivity contribution in [1.82, 2.24) is 0 Å². The number of nitrogens with zero attached hydrogens (tertiary/aromatic N) is 2. The van der Waals surface area contributed by atoms with Crippen molar-refractivity contribution in [3.05, 3.63) is 90.0 Å². The van der Waals surface area contributed by atoms with E-state index in [1.807, 2.05) is 57.1 Å². The van der Waals surface area contributed by atoms with Crippen LogP contribution in [0.15, 0.2) is 78.9 Å². The van der Waals surface area contributed by atoms with Crippen molar-refractivity contribution in [2.24, 2.45) is 11.8 Å². The standard InChI is InChI=1S/C35H42N2O3/c1-26(2)25-40-34(38)22-15-27-9-8-12-33(23-27)37(35(39)31-10-6-5-7-11-31)24-28-13-16-29(17-14-28)30-18-20-32(21-19-30)36(3)4/h8-9,12-23,26,31H,5-7,10-11,24-25H2,1-4H3/b22-15+. The van der Waals surface area contributed by atoms with Crippen LogP contribution in [0.3, 0.4) is 0 Å². The summed E-state index contributed by atoms with van der Waals surface area (Å²) in [6.45, 7) is 4.91. The summed E-state index contributed by atoms with van der Waals surface area (Å²) in [6.07, 6.45) is 8.51. The Morgan fingerprint density at radius 2 is 1.52 bits per heavy atom. The minimum Gasteiger partial charge on any atom is -0.462 e. The van der Waals surface area contributed by atoms with E-state index in [2.05, 4.69) is 53.4 Å². The van der Waals surface area contributed by atoms with E-state index in [1.165, 1.54) is 23.7 Å². The summed E-state index contributed by atoms with van der Waals surface area (Å²) < 4.78 is 5.26. The number of hydrogen-bond acceptors (Lipinski definition) is 4. The van der Waals surface area contributed by atoms with Crippen molar-refractivity contribution in [1.29, 1.82) is 0 Å². The number of anilines is 2. The summed E-state index contributed by atoms with van der Waals surface area (Å²) in [6, 6.07) is 24.9. The quantitative estimate of drug-likeness (QED) is 0.196. The van der Waals surface area contributed by atoms with Crippen molar-refractivity contribution in [3.63, 3.8) is 0 Å². The van der Waals surface area contributed by atoms with Crippen LogP contribution in [0.5, 0.6) is 0 Å². The van der Waals surface area contributed by atoms with Crippen molar-refractivity contribution < 1.29 is 14.3 Å². The molecule has 1 aliphatic rings. The highest BCUT2D eigenvalue weighted by atomic mass is 16.5. The van der Waals surface area contributed by atoms with Crippen LogP contribution in [0, 0.1) is 11.8 Å². The Kier molecular flexibility index (Phi) is 10.2. The number of amides is 1. The molecule has 0 aliphatic heterocycles. The minimum atomic E-state index is -0.356. The first-order valence-electron chi connectivity index (χ1n) is 14.4. The van der Waals surface area contributed by atoms with Crippen molar-refractivity contribution in [2.45, 2.75) is 52.5 Å². The van der Waals surface area contributed by atoms with Gasteiger partial charge in [0, 0.05) is 37.5 Å². The van der Waals surface area contributed by atoms with Crippen LogP contribution < -0.4 is 9.80 Å². The fraction of sp³-hybridized carbons (Fsp3) is 0.371. The largest absolute Gasteiger partial charge is 0.462 e. The molecule has 0 radical (unpaired) electrons. The molecule has 0 spiro atoms. The third-order valence-electron chi connectivity index (χ3n) is 7.38. The van der Waals surface area contributed by atoms with E-state index in [0.29, 0.717) is 13.2 Å². The molecular formula is C35H42N2O3. The second kappa shape index (κ2) is 14.0. The fourth-order valence-electron chi connectivity index (χ4n) is 5.06. The molecule has 1 amide bonds. The predicted octanol–water partition coefficient (Wildman–Crippen LogP) is 7.75. The summed E-state index contributed by atoms with van der Waals surface area (Å²) in [5.41, 5.74) is 6.26. The molecule has 210 valence electrons. The smallest absolute Gasteiger partial charge is 0.330 e. The molecule has 0 saturated heterocycles. The van der Waals surface area contributed by atoms with Crippen LogP contribution >= 0.6 is 0 Å². The van der Waals surface area contributed by atoms with E-state index >= 15 is 0 Å². The van der Waals surface area contributed by atoms with Crippen molar-refractivity contribution in [3.8, 4) is 11.1 Å². The maximum atomic E-state index is 13.8. The van der Waals surface area contributed by atoms with Crippen LogP contribution in [-0.2, 0) is 20.9 Å². The predicted molar refractivity (Wildman–Crippen MR) is 165 cm³/mol. The highest BCUT2D eigenvalue weighted by Gasteiger charge is 2.27. The summed E-state index contributed by atoms with van der Waals surface area (Å²) in [7, 11) is 4.08. The molecule has 0 atom stereocenters. The molecular weight excluding hydrogens is 496 g/mol. The number of esters is 1. The highest BCUT2D eigenvalue weighted by Crippen LogP contribution is 2.30. The van der Waals surface area contributed by atoms with Gasteiger partial charge in [-0.1, -0.05) is 81.6 Å². The average Bonchev–Trinajstić information content (AvgIpc) is 2.98. The summed E-state index contributed by atoms with van der Waals surface area (Å²) in [5.74, 6) is 0.164. The van der Waals surface area contributed by atoms with E-state index < -0.39 is 0 Å². The molecule has 1 fully saturated rings. The van der Waals surface area contributed by atoms with Crippen molar-refractivity contribution >= 4 is 29.3 Å². The van der Waals surface area contributed by atoms with E-state index in [-0.39, 0.29) is 23.7 Å². The van der Waals surface area contributed by atoms with Gasteiger partial charge >= 0.3 is 5.97 Å². The van der Waals surface area contributed by atoms with Crippen LogP contribution in [0.2, 0.25) is 0 Å². The molecule has 40 heavy (non-hydrogen) atoms. The van der Waals surface area contributed by atoms with Gasteiger partial charge < -0.3 is 14.5 Å². The van der Waals surface area contributed by atoms with Crippen LogP contribution in [0.4, 0.5) is 11.4 Å². The van der Waals surface area contributed by atoms with Gasteiger partial charge in [0.05, 0.1) is 13.2 Å². The molecule has 5 nitrogen and oxygen atoms in total. The van der Waals surface area contributed by atoms with Crippen LogP contribution in [0.1, 0.15) is 57.1 Å². The Balaban J connectivity index is 1.54. The molecule has 3 aromatic rings. The molecule has 3 aromatic carbocycles. The first-order chi connectivity index (χ1) is 19.3. The highest BCUT2D eigenvalue weighted by molar-refractivity contribution is 5.95. The van der Waals surface area contributed by atoms with Gasteiger partial charge in [0.15, 0.2) is 0 Å². The Labute approximate surface area is 239 Å². The lowest BCUT2D eigenvalue weighted by Gasteiger charge is -2.30. The van der Waals surface area contributed by atoms with Crippen molar-refractivity contribution in [2.75, 3.05) is 30.5 Å². The van der Waals surface area contributed by atoms with Gasteiger partial charge in [-0.05, 0) is 71.4 Å². The number of rotatable bonds is 10. The van der Waals surface area contributed by atoms with E-state index in [4.69, 9.17) is 4.74 Å². The monoisotopic (exact) mass is 538 g/mol. The third kappa shape index (κ3) is 8.08. The maximum Gasteiger partial charge on any atom is 0.330 e. The van der Waals surface area contributed by atoms with Gasteiger partial charge in [-0.3, -0.25) is 4.79 Å². The summed E-state index contributed by atoms with van der Waals surface area (Å²) >= 11 is 0. The SMILES string of the molecule is CC(C)COC(=O)/C=C/c1cccc(N(Cc2ccc(-c3ccc(N(C)C)cc3)cc2)C(=O)C2CCCCC2)c1. The second-order valence-electron chi connectivity index (χ2n) is 11.3. The van der Waals surface area contributed by atoms with Crippen LogP contribution in [-0.4, -0.2) is 32.6 Å². The van der Waals surface area contributed by atoms with Gasteiger partial charge in [-0.2, -0.15) is 0 Å². The number of carbonyl (C=O) groups is 2. The zero-order valence-electron chi connectivity index (χ0n) is 24.3. The number of carbonyl (C=O) groups excluding carboxylic acids is 2. The fourth-order valence-corrected chi connectivity index (χ4v) is 5.06. The summed E-state index contributed by atoms with van der Waals surface area (Å²) in [5, 5.41) is 0. The topological polar surface area (TPSA) is 49.9 Å².